The van der Waals surface area contributed by atoms with Gasteiger partial charge in [-0.15, -0.1) is 0 Å². The lowest BCUT2D eigenvalue weighted by molar-refractivity contribution is 0.317. The smallest absolute Gasteiger partial charge is 0.289 e. The molecular formula is C21H21N3O. The van der Waals surface area contributed by atoms with Crippen LogP contribution in [0.4, 0.5) is 11.4 Å². The van der Waals surface area contributed by atoms with Gasteiger partial charge in [0.15, 0.2) is 0 Å². The fraction of sp³-hybridized carbons (Fsp3) is 0.190. The Morgan fingerprint density at radius 2 is 1.76 bits per heavy atom. The van der Waals surface area contributed by atoms with E-state index < -0.39 is 0 Å². The predicted octanol–water partition coefficient (Wildman–Crippen LogP) is 4.14. The summed E-state index contributed by atoms with van der Waals surface area (Å²) in [6, 6.07) is 25.7. The Bertz CT molecular complexity index is 892. The molecule has 0 aromatic heterocycles. The van der Waals surface area contributed by atoms with Gasteiger partial charge in [0, 0.05) is 25.0 Å². The number of amidine groups is 1. The summed E-state index contributed by atoms with van der Waals surface area (Å²) >= 11 is 0. The first kappa shape index (κ1) is 15.5. The number of nitrogens with one attached hydrogen (secondary N) is 1. The Labute approximate surface area is 147 Å². The standard InChI is InChI=1S/C21H21N3O/c1-24(20-12-11-16-7-5-6-8-17(16)13-20)14-19-15-25-21(23-19)22-18-9-3-2-4-10-18/h2-13,19H,14-15H2,1H3,(H,22,23). The molecule has 1 aliphatic rings. The molecular weight excluding hydrogens is 310 g/mol. The van der Waals surface area contributed by atoms with Gasteiger partial charge in [-0.05, 0) is 35.0 Å². The number of rotatable bonds is 4. The second kappa shape index (κ2) is 6.85. The van der Waals surface area contributed by atoms with Crippen molar-refractivity contribution in [3.8, 4) is 0 Å². The van der Waals surface area contributed by atoms with Crippen LogP contribution in [-0.4, -0.2) is 32.3 Å². The van der Waals surface area contributed by atoms with Crippen molar-refractivity contribution in [2.24, 2.45) is 4.99 Å². The lowest BCUT2D eigenvalue weighted by Crippen LogP contribution is -2.28. The van der Waals surface area contributed by atoms with E-state index in [2.05, 4.69) is 64.7 Å². The number of aliphatic imine (C=N–C) groups is 1. The molecule has 0 aliphatic carbocycles. The number of benzene rings is 3. The highest BCUT2D eigenvalue weighted by Gasteiger charge is 2.20. The molecule has 0 spiro atoms. The summed E-state index contributed by atoms with van der Waals surface area (Å²) < 4.78 is 5.69. The molecule has 0 saturated carbocycles. The molecule has 3 aromatic rings. The van der Waals surface area contributed by atoms with E-state index in [-0.39, 0.29) is 6.04 Å². The van der Waals surface area contributed by atoms with E-state index in [4.69, 9.17) is 4.74 Å². The number of para-hydroxylation sites is 1. The van der Waals surface area contributed by atoms with E-state index in [1.165, 1.54) is 16.5 Å². The third-order valence-electron chi connectivity index (χ3n) is 4.40. The van der Waals surface area contributed by atoms with Crippen LogP contribution in [0, 0.1) is 0 Å². The molecule has 1 heterocycles. The quantitative estimate of drug-likeness (QED) is 0.780. The molecule has 1 atom stereocenters. The molecule has 0 radical (unpaired) electrons. The van der Waals surface area contributed by atoms with Crippen molar-refractivity contribution in [2.75, 3.05) is 30.4 Å². The topological polar surface area (TPSA) is 36.9 Å². The van der Waals surface area contributed by atoms with Crippen molar-refractivity contribution >= 4 is 28.2 Å². The zero-order chi connectivity index (χ0) is 17.1. The first-order valence-electron chi connectivity index (χ1n) is 8.50. The van der Waals surface area contributed by atoms with E-state index in [0.29, 0.717) is 12.6 Å². The number of anilines is 2. The molecule has 126 valence electrons. The first-order valence-corrected chi connectivity index (χ1v) is 8.50. The minimum Gasteiger partial charge on any atom is -0.463 e. The summed E-state index contributed by atoms with van der Waals surface area (Å²) in [5.41, 5.74) is 2.18. The maximum atomic E-state index is 5.69. The third kappa shape index (κ3) is 3.58. The van der Waals surface area contributed by atoms with Crippen LogP contribution in [0.3, 0.4) is 0 Å². The number of hydrogen-bond donors (Lipinski definition) is 1. The lowest BCUT2D eigenvalue weighted by Gasteiger charge is -2.21. The molecule has 4 nitrogen and oxygen atoms in total. The maximum absolute atomic E-state index is 5.69. The molecule has 0 bridgehead atoms. The highest BCUT2D eigenvalue weighted by atomic mass is 16.5. The molecule has 4 rings (SSSR count). The summed E-state index contributed by atoms with van der Waals surface area (Å²) in [7, 11) is 2.10. The van der Waals surface area contributed by atoms with Gasteiger partial charge in [-0.2, -0.15) is 0 Å². The van der Waals surface area contributed by atoms with Gasteiger partial charge in [-0.1, -0.05) is 48.5 Å². The van der Waals surface area contributed by atoms with Crippen LogP contribution in [0.25, 0.3) is 10.8 Å². The fourth-order valence-corrected chi connectivity index (χ4v) is 3.06. The van der Waals surface area contributed by atoms with Crippen LogP contribution >= 0.6 is 0 Å². The van der Waals surface area contributed by atoms with Crippen LogP contribution in [0.1, 0.15) is 0 Å². The maximum Gasteiger partial charge on any atom is 0.289 e. The Balaban J connectivity index is 1.42. The van der Waals surface area contributed by atoms with Crippen molar-refractivity contribution in [1.29, 1.82) is 0 Å². The van der Waals surface area contributed by atoms with Gasteiger partial charge in [-0.25, -0.2) is 4.99 Å². The summed E-state index contributed by atoms with van der Waals surface area (Å²) in [6.45, 7) is 1.42. The Morgan fingerprint density at radius 1 is 1.00 bits per heavy atom. The number of fused-ring (bicyclic) bond motifs is 1. The van der Waals surface area contributed by atoms with E-state index in [1.807, 2.05) is 30.3 Å². The minimum absolute atomic E-state index is 0.127. The van der Waals surface area contributed by atoms with Crippen molar-refractivity contribution in [2.45, 2.75) is 6.04 Å². The van der Waals surface area contributed by atoms with Crippen LogP contribution in [0.15, 0.2) is 77.8 Å². The van der Waals surface area contributed by atoms with Crippen molar-refractivity contribution in [3.05, 3.63) is 72.8 Å². The second-order valence-corrected chi connectivity index (χ2v) is 6.30. The van der Waals surface area contributed by atoms with E-state index in [0.717, 1.165) is 12.2 Å². The number of hydrogen-bond acceptors (Lipinski definition) is 4. The third-order valence-corrected chi connectivity index (χ3v) is 4.40. The van der Waals surface area contributed by atoms with Gasteiger partial charge in [-0.3, -0.25) is 0 Å². The van der Waals surface area contributed by atoms with Gasteiger partial charge < -0.3 is 15.0 Å². The Kier molecular flexibility index (Phi) is 4.25. The average Bonchev–Trinajstić information content (AvgIpc) is 3.09. The molecule has 3 aromatic carbocycles. The molecule has 1 N–H and O–H groups in total. The molecule has 25 heavy (non-hydrogen) atoms. The zero-order valence-corrected chi connectivity index (χ0v) is 14.2. The minimum atomic E-state index is 0.127. The first-order chi connectivity index (χ1) is 12.3. The van der Waals surface area contributed by atoms with E-state index in [9.17, 15) is 0 Å². The summed E-state index contributed by atoms with van der Waals surface area (Å²) in [5, 5.41) is 5.73. The summed E-state index contributed by atoms with van der Waals surface area (Å²) in [5.74, 6) is 0. The van der Waals surface area contributed by atoms with Gasteiger partial charge in [0.05, 0.1) is 0 Å². The van der Waals surface area contributed by atoms with Gasteiger partial charge in [0.25, 0.3) is 6.02 Å². The van der Waals surface area contributed by atoms with Crippen molar-refractivity contribution < 1.29 is 4.74 Å². The number of ether oxygens (including phenoxy) is 1. The number of likely N-dealkylation sites (N-methyl/N-ethyl adjacent to an activating group) is 1. The fourth-order valence-electron chi connectivity index (χ4n) is 3.06. The zero-order valence-electron chi connectivity index (χ0n) is 14.2. The lowest BCUT2D eigenvalue weighted by atomic mass is 10.1. The number of nitrogens with zero attached hydrogens (tertiary/aromatic N) is 2. The van der Waals surface area contributed by atoms with Crippen LogP contribution < -0.4 is 10.2 Å². The molecule has 4 heteroatoms. The highest BCUT2D eigenvalue weighted by molar-refractivity contribution is 5.90. The molecule has 0 saturated heterocycles. The normalized spacial score (nSPS) is 16.4. The summed E-state index contributed by atoms with van der Waals surface area (Å²) in [4.78, 5) is 6.88. The van der Waals surface area contributed by atoms with E-state index in [1.54, 1.807) is 0 Å². The van der Waals surface area contributed by atoms with Crippen molar-refractivity contribution in [1.82, 2.24) is 0 Å². The van der Waals surface area contributed by atoms with E-state index >= 15 is 0 Å². The van der Waals surface area contributed by atoms with Gasteiger partial charge in [0.2, 0.25) is 0 Å². The molecule has 0 fully saturated rings. The van der Waals surface area contributed by atoms with Crippen LogP contribution in [0.5, 0.6) is 0 Å². The largest absolute Gasteiger partial charge is 0.463 e. The van der Waals surface area contributed by atoms with Gasteiger partial charge >= 0.3 is 0 Å². The van der Waals surface area contributed by atoms with Crippen LogP contribution in [-0.2, 0) is 4.74 Å². The molecule has 1 aliphatic heterocycles. The second-order valence-electron chi connectivity index (χ2n) is 6.30. The average molecular weight is 331 g/mol. The highest BCUT2D eigenvalue weighted by Crippen LogP contribution is 2.22. The monoisotopic (exact) mass is 331 g/mol. The SMILES string of the molecule is CN(CC1COC(Nc2ccccc2)=N1)c1ccc2ccccc2c1. The Morgan fingerprint density at radius 3 is 2.60 bits per heavy atom. The molecule has 1 unspecified atom stereocenters. The van der Waals surface area contributed by atoms with Crippen molar-refractivity contribution in [3.63, 3.8) is 0 Å². The molecule has 0 amide bonds. The van der Waals surface area contributed by atoms with Gasteiger partial charge in [0.1, 0.15) is 12.6 Å². The predicted molar refractivity (Wildman–Crippen MR) is 104 cm³/mol. The summed E-state index contributed by atoms with van der Waals surface area (Å²) in [6.07, 6.45) is 0. The van der Waals surface area contributed by atoms with Crippen LogP contribution in [0.2, 0.25) is 0 Å². The Hall–Kier alpha value is -3.01.